The van der Waals surface area contributed by atoms with Crippen molar-refractivity contribution in [1.82, 2.24) is 15.3 Å². The summed E-state index contributed by atoms with van der Waals surface area (Å²) in [4.78, 5) is 20.7. The highest BCUT2D eigenvalue weighted by Crippen LogP contribution is 2.30. The zero-order valence-corrected chi connectivity index (χ0v) is 17.8. The standard InChI is InChI=1S/C24H24F3N3O2/c1-16(8-9-18-6-4-3-5-7-18)28-21(31)15-32-22-14-17(2)29-23(30-22)19-10-12-20(13-11-19)24(25,26)27/h3-7,10-14,16H,8-9,15H2,1-2H3,(H,28,31)/t16-/m0/s1. The predicted molar refractivity (Wildman–Crippen MR) is 115 cm³/mol. The van der Waals surface area contributed by atoms with Gasteiger partial charge in [0.1, 0.15) is 0 Å². The molecule has 168 valence electrons. The van der Waals surface area contributed by atoms with E-state index in [2.05, 4.69) is 15.3 Å². The molecule has 2 aromatic carbocycles. The summed E-state index contributed by atoms with van der Waals surface area (Å²) in [5, 5.41) is 2.89. The third kappa shape index (κ3) is 6.80. The normalized spacial score (nSPS) is 12.3. The minimum Gasteiger partial charge on any atom is -0.467 e. The monoisotopic (exact) mass is 443 g/mol. The van der Waals surface area contributed by atoms with Gasteiger partial charge in [0.05, 0.1) is 5.56 Å². The fourth-order valence-electron chi connectivity index (χ4n) is 3.11. The fourth-order valence-corrected chi connectivity index (χ4v) is 3.11. The Morgan fingerprint density at radius 1 is 1.06 bits per heavy atom. The molecule has 3 rings (SSSR count). The largest absolute Gasteiger partial charge is 0.467 e. The van der Waals surface area contributed by atoms with Gasteiger partial charge in [0.15, 0.2) is 12.4 Å². The predicted octanol–water partition coefficient (Wildman–Crippen LogP) is 4.99. The molecule has 0 aliphatic rings. The van der Waals surface area contributed by atoms with Crippen molar-refractivity contribution in [1.29, 1.82) is 0 Å². The number of ether oxygens (including phenoxy) is 1. The van der Waals surface area contributed by atoms with E-state index in [1.165, 1.54) is 17.7 Å². The highest BCUT2D eigenvalue weighted by atomic mass is 19.4. The molecule has 0 aliphatic heterocycles. The molecule has 1 heterocycles. The van der Waals surface area contributed by atoms with Gasteiger partial charge in [-0.25, -0.2) is 4.98 Å². The summed E-state index contributed by atoms with van der Waals surface area (Å²) in [5.41, 5.74) is 1.45. The number of hydrogen-bond acceptors (Lipinski definition) is 4. The molecule has 5 nitrogen and oxygen atoms in total. The van der Waals surface area contributed by atoms with Crippen LogP contribution in [0.5, 0.6) is 5.88 Å². The summed E-state index contributed by atoms with van der Waals surface area (Å²) < 4.78 is 43.8. The first-order valence-corrected chi connectivity index (χ1v) is 10.2. The van der Waals surface area contributed by atoms with Crippen molar-refractivity contribution in [2.24, 2.45) is 0 Å². The van der Waals surface area contributed by atoms with Crippen LogP contribution in [-0.4, -0.2) is 28.5 Å². The average Bonchev–Trinajstić information content (AvgIpc) is 2.76. The van der Waals surface area contributed by atoms with Crippen molar-refractivity contribution in [3.63, 3.8) is 0 Å². The van der Waals surface area contributed by atoms with E-state index in [0.717, 1.165) is 25.0 Å². The summed E-state index contributed by atoms with van der Waals surface area (Å²) >= 11 is 0. The van der Waals surface area contributed by atoms with Crippen molar-refractivity contribution < 1.29 is 22.7 Å². The number of carbonyl (C=O) groups excluding carboxylic acids is 1. The van der Waals surface area contributed by atoms with Gasteiger partial charge in [0.25, 0.3) is 5.91 Å². The number of carbonyl (C=O) groups is 1. The van der Waals surface area contributed by atoms with Crippen molar-refractivity contribution in [2.45, 2.75) is 38.9 Å². The van der Waals surface area contributed by atoms with Gasteiger partial charge in [0, 0.05) is 23.4 Å². The first-order chi connectivity index (χ1) is 15.2. The van der Waals surface area contributed by atoms with Crippen LogP contribution >= 0.6 is 0 Å². The molecule has 1 atom stereocenters. The van der Waals surface area contributed by atoms with Crippen LogP contribution in [0.1, 0.15) is 30.2 Å². The fraction of sp³-hybridized carbons (Fsp3) is 0.292. The molecule has 32 heavy (non-hydrogen) atoms. The minimum atomic E-state index is -4.41. The summed E-state index contributed by atoms with van der Waals surface area (Å²) in [7, 11) is 0. The number of aromatic nitrogens is 2. The van der Waals surface area contributed by atoms with Crippen LogP contribution in [-0.2, 0) is 17.4 Å². The Labute approximate surface area is 184 Å². The van der Waals surface area contributed by atoms with Gasteiger partial charge < -0.3 is 10.1 Å². The van der Waals surface area contributed by atoms with E-state index in [4.69, 9.17) is 4.74 Å². The van der Waals surface area contributed by atoms with E-state index in [-0.39, 0.29) is 30.3 Å². The van der Waals surface area contributed by atoms with E-state index in [1.807, 2.05) is 37.3 Å². The van der Waals surface area contributed by atoms with E-state index in [0.29, 0.717) is 11.3 Å². The molecule has 0 unspecified atom stereocenters. The second-order valence-corrected chi connectivity index (χ2v) is 7.53. The molecule has 0 saturated carbocycles. The van der Waals surface area contributed by atoms with Gasteiger partial charge in [-0.2, -0.15) is 18.2 Å². The lowest BCUT2D eigenvalue weighted by atomic mass is 10.1. The smallest absolute Gasteiger partial charge is 0.416 e. The van der Waals surface area contributed by atoms with Crippen molar-refractivity contribution >= 4 is 5.91 Å². The molecular formula is C24H24F3N3O2. The Bertz CT molecular complexity index is 1040. The zero-order valence-electron chi connectivity index (χ0n) is 17.8. The summed E-state index contributed by atoms with van der Waals surface area (Å²) in [5.74, 6) is 0.128. The molecule has 3 aromatic rings. The lowest BCUT2D eigenvalue weighted by molar-refractivity contribution is -0.137. The van der Waals surface area contributed by atoms with Crippen molar-refractivity contribution in [2.75, 3.05) is 6.61 Å². The molecule has 0 radical (unpaired) electrons. The maximum Gasteiger partial charge on any atom is 0.416 e. The van der Waals surface area contributed by atoms with E-state index in [1.54, 1.807) is 13.0 Å². The lowest BCUT2D eigenvalue weighted by Gasteiger charge is -2.14. The molecule has 1 aromatic heterocycles. The Morgan fingerprint density at radius 3 is 2.41 bits per heavy atom. The first-order valence-electron chi connectivity index (χ1n) is 10.2. The third-order valence-electron chi connectivity index (χ3n) is 4.77. The summed E-state index contributed by atoms with van der Waals surface area (Å²) in [6.07, 6.45) is -2.77. The number of hydrogen-bond donors (Lipinski definition) is 1. The van der Waals surface area contributed by atoms with Crippen LogP contribution in [0.4, 0.5) is 13.2 Å². The average molecular weight is 443 g/mol. The van der Waals surface area contributed by atoms with Crippen LogP contribution < -0.4 is 10.1 Å². The van der Waals surface area contributed by atoms with Gasteiger partial charge in [-0.1, -0.05) is 42.5 Å². The zero-order chi connectivity index (χ0) is 23.1. The Kier molecular flexibility index (Phi) is 7.45. The van der Waals surface area contributed by atoms with Crippen LogP contribution in [0.25, 0.3) is 11.4 Å². The second-order valence-electron chi connectivity index (χ2n) is 7.53. The number of amides is 1. The molecule has 0 fully saturated rings. The number of rotatable bonds is 8. The Balaban J connectivity index is 1.56. The molecule has 0 spiro atoms. The van der Waals surface area contributed by atoms with Gasteiger partial charge in [0.2, 0.25) is 5.88 Å². The van der Waals surface area contributed by atoms with Crippen LogP contribution in [0, 0.1) is 6.92 Å². The molecule has 0 saturated heterocycles. The van der Waals surface area contributed by atoms with Gasteiger partial charge >= 0.3 is 6.18 Å². The van der Waals surface area contributed by atoms with Crippen LogP contribution in [0.2, 0.25) is 0 Å². The minimum absolute atomic E-state index is 0.0267. The number of halogens is 3. The molecular weight excluding hydrogens is 419 g/mol. The maximum atomic E-state index is 12.8. The lowest BCUT2D eigenvalue weighted by Crippen LogP contribution is -2.36. The summed E-state index contributed by atoms with van der Waals surface area (Å²) in [6, 6.07) is 16.1. The topological polar surface area (TPSA) is 64.1 Å². The molecule has 0 aliphatic carbocycles. The van der Waals surface area contributed by atoms with Crippen LogP contribution in [0.15, 0.2) is 60.7 Å². The summed E-state index contributed by atoms with van der Waals surface area (Å²) in [6.45, 7) is 3.42. The van der Waals surface area contributed by atoms with E-state index < -0.39 is 11.7 Å². The highest BCUT2D eigenvalue weighted by Gasteiger charge is 2.30. The number of alkyl halides is 3. The van der Waals surface area contributed by atoms with Crippen LogP contribution in [0.3, 0.4) is 0 Å². The molecule has 0 bridgehead atoms. The number of nitrogens with zero attached hydrogens (tertiary/aromatic N) is 2. The number of nitrogens with one attached hydrogen (secondary N) is 1. The second kappa shape index (κ2) is 10.3. The number of benzene rings is 2. The molecule has 8 heteroatoms. The van der Waals surface area contributed by atoms with Gasteiger partial charge in [-0.3, -0.25) is 4.79 Å². The molecule has 1 N–H and O–H groups in total. The SMILES string of the molecule is Cc1cc(OCC(=O)N[C@@H](C)CCc2ccccc2)nc(-c2ccc(C(F)(F)F)cc2)n1. The van der Waals surface area contributed by atoms with E-state index >= 15 is 0 Å². The van der Waals surface area contributed by atoms with Crippen molar-refractivity contribution in [3.8, 4) is 17.3 Å². The van der Waals surface area contributed by atoms with Gasteiger partial charge in [-0.15, -0.1) is 0 Å². The first kappa shape index (κ1) is 23.2. The third-order valence-corrected chi connectivity index (χ3v) is 4.77. The Hall–Kier alpha value is -3.42. The number of aryl methyl sites for hydroxylation is 2. The van der Waals surface area contributed by atoms with Crippen molar-refractivity contribution in [3.05, 3.63) is 77.5 Å². The highest BCUT2D eigenvalue weighted by molar-refractivity contribution is 5.77. The van der Waals surface area contributed by atoms with E-state index in [9.17, 15) is 18.0 Å². The quantitative estimate of drug-likeness (QED) is 0.533. The Morgan fingerprint density at radius 2 is 1.75 bits per heavy atom. The van der Waals surface area contributed by atoms with Gasteiger partial charge in [-0.05, 0) is 44.4 Å². The maximum absolute atomic E-state index is 12.8. The molecule has 1 amide bonds.